The standard InChI is InChI=1S/C13H17FN4O/c14-11-10(5-6-16-12(11)17-15)13(19)18(9-3-4-9)7-8-1-2-8/h5-6,8-9H,1-4,7,15H2,(H,16,17). The Bertz CT molecular complexity index is 499. The van der Waals surface area contributed by atoms with Gasteiger partial charge in [-0.05, 0) is 37.7 Å². The second-order valence-electron chi connectivity index (χ2n) is 5.30. The minimum absolute atomic E-state index is 0.0514. The van der Waals surface area contributed by atoms with Crippen LogP contribution in [-0.2, 0) is 0 Å². The van der Waals surface area contributed by atoms with Crippen molar-refractivity contribution in [1.29, 1.82) is 0 Å². The van der Waals surface area contributed by atoms with Crippen molar-refractivity contribution in [2.75, 3.05) is 12.0 Å². The molecular formula is C13H17FN4O. The number of hydrogen-bond donors (Lipinski definition) is 2. The van der Waals surface area contributed by atoms with Gasteiger partial charge in [-0.2, -0.15) is 0 Å². The first kappa shape index (κ1) is 12.3. The molecule has 3 rings (SSSR count). The molecule has 3 N–H and O–H groups in total. The molecule has 0 saturated heterocycles. The Kier molecular flexibility index (Phi) is 3.10. The van der Waals surface area contributed by atoms with Crippen LogP contribution in [0, 0.1) is 11.7 Å². The van der Waals surface area contributed by atoms with Crippen molar-refractivity contribution in [1.82, 2.24) is 9.88 Å². The summed E-state index contributed by atoms with van der Waals surface area (Å²) >= 11 is 0. The van der Waals surface area contributed by atoms with E-state index in [9.17, 15) is 9.18 Å². The number of carbonyl (C=O) groups is 1. The summed E-state index contributed by atoms with van der Waals surface area (Å²) in [7, 11) is 0. The molecule has 6 heteroatoms. The minimum Gasteiger partial charge on any atom is -0.335 e. The van der Waals surface area contributed by atoms with Crippen molar-refractivity contribution < 1.29 is 9.18 Å². The van der Waals surface area contributed by atoms with E-state index in [1.54, 1.807) is 0 Å². The molecule has 1 aromatic heterocycles. The van der Waals surface area contributed by atoms with Crippen LogP contribution in [0.15, 0.2) is 12.3 Å². The zero-order valence-electron chi connectivity index (χ0n) is 10.6. The molecular weight excluding hydrogens is 247 g/mol. The van der Waals surface area contributed by atoms with E-state index in [1.165, 1.54) is 25.1 Å². The van der Waals surface area contributed by atoms with Gasteiger partial charge in [0.2, 0.25) is 0 Å². The van der Waals surface area contributed by atoms with E-state index in [0.29, 0.717) is 5.92 Å². The molecule has 0 atom stereocenters. The lowest BCUT2D eigenvalue weighted by Gasteiger charge is -2.22. The lowest BCUT2D eigenvalue weighted by molar-refractivity contribution is 0.0730. The van der Waals surface area contributed by atoms with Crippen LogP contribution in [0.2, 0.25) is 0 Å². The van der Waals surface area contributed by atoms with Crippen LogP contribution < -0.4 is 11.3 Å². The number of hydrogen-bond acceptors (Lipinski definition) is 4. The first-order valence-electron chi connectivity index (χ1n) is 6.62. The molecule has 0 bridgehead atoms. The Labute approximate surface area is 111 Å². The van der Waals surface area contributed by atoms with Crippen molar-refractivity contribution in [3.8, 4) is 0 Å². The molecule has 0 aromatic carbocycles. The number of anilines is 1. The van der Waals surface area contributed by atoms with Gasteiger partial charge in [0.05, 0.1) is 5.56 Å². The molecule has 0 aliphatic heterocycles. The van der Waals surface area contributed by atoms with Crippen LogP contribution in [0.3, 0.4) is 0 Å². The average molecular weight is 264 g/mol. The van der Waals surface area contributed by atoms with Gasteiger partial charge in [-0.3, -0.25) is 4.79 Å². The first-order valence-corrected chi connectivity index (χ1v) is 6.62. The third kappa shape index (κ3) is 2.53. The van der Waals surface area contributed by atoms with Crippen LogP contribution in [0.5, 0.6) is 0 Å². The summed E-state index contributed by atoms with van der Waals surface area (Å²) in [5.41, 5.74) is 2.22. The van der Waals surface area contributed by atoms with E-state index in [1.807, 2.05) is 4.90 Å². The number of nitrogens with one attached hydrogen (secondary N) is 1. The lowest BCUT2D eigenvalue weighted by Crippen LogP contribution is -2.35. The predicted octanol–water partition coefficient (Wildman–Crippen LogP) is 1.52. The van der Waals surface area contributed by atoms with Crippen molar-refractivity contribution in [2.45, 2.75) is 31.7 Å². The highest BCUT2D eigenvalue weighted by atomic mass is 19.1. The molecule has 2 aliphatic carbocycles. The van der Waals surface area contributed by atoms with Gasteiger partial charge in [0.25, 0.3) is 5.91 Å². The normalized spacial score (nSPS) is 18.2. The summed E-state index contributed by atoms with van der Waals surface area (Å²) in [5, 5.41) is 0. The first-order chi connectivity index (χ1) is 9.20. The van der Waals surface area contributed by atoms with Gasteiger partial charge in [-0.15, -0.1) is 0 Å². The number of carbonyl (C=O) groups excluding carboxylic acids is 1. The van der Waals surface area contributed by atoms with Crippen LogP contribution in [0.4, 0.5) is 10.2 Å². The van der Waals surface area contributed by atoms with Crippen LogP contribution in [0.25, 0.3) is 0 Å². The number of hydrazine groups is 1. The molecule has 0 spiro atoms. The smallest absolute Gasteiger partial charge is 0.257 e. The molecule has 2 fully saturated rings. The predicted molar refractivity (Wildman–Crippen MR) is 68.8 cm³/mol. The van der Waals surface area contributed by atoms with Gasteiger partial charge in [-0.1, -0.05) is 0 Å². The molecule has 1 amide bonds. The summed E-state index contributed by atoms with van der Waals surface area (Å²) in [6.07, 6.45) is 5.78. The number of pyridine rings is 1. The molecule has 2 aliphatic rings. The second kappa shape index (κ2) is 4.77. The summed E-state index contributed by atoms with van der Waals surface area (Å²) < 4.78 is 14.1. The number of halogens is 1. The van der Waals surface area contributed by atoms with E-state index in [2.05, 4.69) is 10.4 Å². The zero-order valence-corrected chi connectivity index (χ0v) is 10.6. The number of nitrogen functional groups attached to an aromatic ring is 1. The maximum atomic E-state index is 14.1. The Morgan fingerprint density at radius 1 is 1.47 bits per heavy atom. The number of nitrogens with two attached hydrogens (primary N) is 1. The summed E-state index contributed by atoms with van der Waals surface area (Å²) in [6.45, 7) is 0.747. The van der Waals surface area contributed by atoms with Crippen molar-refractivity contribution in [2.24, 2.45) is 11.8 Å². The third-order valence-electron chi connectivity index (χ3n) is 3.66. The van der Waals surface area contributed by atoms with Crippen LogP contribution >= 0.6 is 0 Å². The van der Waals surface area contributed by atoms with Gasteiger partial charge in [0, 0.05) is 18.8 Å². The summed E-state index contributed by atoms with van der Waals surface area (Å²) in [5.74, 6) is 4.78. The summed E-state index contributed by atoms with van der Waals surface area (Å²) in [6, 6.07) is 1.70. The lowest BCUT2D eigenvalue weighted by atomic mass is 10.2. The van der Waals surface area contributed by atoms with Crippen LogP contribution in [-0.4, -0.2) is 28.4 Å². The minimum atomic E-state index is -0.670. The molecule has 1 heterocycles. The largest absolute Gasteiger partial charge is 0.335 e. The molecule has 1 aromatic rings. The van der Waals surface area contributed by atoms with Crippen molar-refractivity contribution in [3.63, 3.8) is 0 Å². The van der Waals surface area contributed by atoms with E-state index >= 15 is 0 Å². The number of nitrogens with zero attached hydrogens (tertiary/aromatic N) is 2. The van der Waals surface area contributed by atoms with Gasteiger partial charge < -0.3 is 10.3 Å². The Hall–Kier alpha value is -1.69. The fourth-order valence-corrected chi connectivity index (χ4v) is 2.23. The Morgan fingerprint density at radius 3 is 2.79 bits per heavy atom. The highest BCUT2D eigenvalue weighted by molar-refractivity contribution is 5.95. The maximum Gasteiger partial charge on any atom is 0.257 e. The van der Waals surface area contributed by atoms with E-state index in [0.717, 1.165) is 19.4 Å². The van der Waals surface area contributed by atoms with E-state index in [-0.39, 0.29) is 23.3 Å². The van der Waals surface area contributed by atoms with E-state index in [4.69, 9.17) is 5.84 Å². The summed E-state index contributed by atoms with van der Waals surface area (Å²) in [4.78, 5) is 18.0. The van der Waals surface area contributed by atoms with Crippen molar-refractivity contribution >= 4 is 11.7 Å². The third-order valence-corrected chi connectivity index (χ3v) is 3.66. The molecule has 2 saturated carbocycles. The number of amides is 1. The van der Waals surface area contributed by atoms with Gasteiger partial charge in [0.1, 0.15) is 0 Å². The maximum absolute atomic E-state index is 14.1. The SMILES string of the molecule is NNc1nccc(C(=O)N(CC2CC2)C2CC2)c1F. The highest BCUT2D eigenvalue weighted by Crippen LogP contribution is 2.36. The fourth-order valence-electron chi connectivity index (χ4n) is 2.23. The monoisotopic (exact) mass is 264 g/mol. The van der Waals surface area contributed by atoms with E-state index < -0.39 is 5.82 Å². The second-order valence-corrected chi connectivity index (χ2v) is 5.30. The molecule has 0 radical (unpaired) electrons. The van der Waals surface area contributed by atoms with Gasteiger partial charge in [-0.25, -0.2) is 15.2 Å². The highest BCUT2D eigenvalue weighted by Gasteiger charge is 2.37. The topological polar surface area (TPSA) is 71.2 Å². The number of aromatic nitrogens is 1. The Morgan fingerprint density at radius 2 is 2.21 bits per heavy atom. The molecule has 19 heavy (non-hydrogen) atoms. The van der Waals surface area contributed by atoms with Gasteiger partial charge >= 0.3 is 0 Å². The van der Waals surface area contributed by atoms with Gasteiger partial charge in [0.15, 0.2) is 11.6 Å². The van der Waals surface area contributed by atoms with Crippen molar-refractivity contribution in [3.05, 3.63) is 23.6 Å². The Balaban J connectivity index is 1.84. The zero-order chi connectivity index (χ0) is 13.4. The number of rotatable bonds is 5. The molecule has 0 unspecified atom stereocenters. The average Bonchev–Trinajstić information content (AvgIpc) is 3.28. The molecule has 102 valence electrons. The molecule has 5 nitrogen and oxygen atoms in total. The van der Waals surface area contributed by atoms with Crippen LogP contribution in [0.1, 0.15) is 36.0 Å². The quantitative estimate of drug-likeness (QED) is 0.625. The fraction of sp³-hybridized carbons (Fsp3) is 0.538.